The molecular weight excluding hydrogens is 528 g/mol. The van der Waals surface area contributed by atoms with Gasteiger partial charge in [-0.25, -0.2) is 19.4 Å². The zero-order chi connectivity index (χ0) is 29.9. The van der Waals surface area contributed by atoms with Crippen molar-refractivity contribution in [2.75, 3.05) is 29.5 Å². The molecule has 0 unspecified atom stereocenters. The van der Waals surface area contributed by atoms with Crippen molar-refractivity contribution in [3.63, 3.8) is 0 Å². The minimum absolute atomic E-state index is 0.163. The highest BCUT2D eigenvalue weighted by Crippen LogP contribution is 2.27. The van der Waals surface area contributed by atoms with Gasteiger partial charge < -0.3 is 16.0 Å². The molecule has 1 fully saturated rings. The molecule has 0 spiro atoms. The lowest BCUT2D eigenvalue weighted by molar-refractivity contribution is 0.0685. The molecule has 0 bridgehead atoms. The van der Waals surface area contributed by atoms with Crippen LogP contribution in [0.15, 0.2) is 67.0 Å². The molecule has 10 nitrogen and oxygen atoms in total. The van der Waals surface area contributed by atoms with Gasteiger partial charge in [-0.15, -0.1) is 0 Å². The molecule has 1 saturated heterocycles. The summed E-state index contributed by atoms with van der Waals surface area (Å²) in [6.45, 7) is 9.65. The summed E-state index contributed by atoms with van der Waals surface area (Å²) >= 11 is 0. The molecule has 3 heterocycles. The Morgan fingerprint density at radius 1 is 0.952 bits per heavy atom. The highest BCUT2D eigenvalue weighted by atomic mass is 16.2. The number of likely N-dealkylation sites (tertiary alicyclic amines) is 1. The van der Waals surface area contributed by atoms with Crippen LogP contribution in [0.1, 0.15) is 60.9 Å². The number of nitrogens with one attached hydrogen (secondary N) is 2. The normalized spacial score (nSPS) is 14.0. The summed E-state index contributed by atoms with van der Waals surface area (Å²) < 4.78 is 1.77. The first-order chi connectivity index (χ1) is 20.1. The maximum Gasteiger partial charge on any atom is 0.324 e. The third-order valence-electron chi connectivity index (χ3n) is 7.56. The van der Waals surface area contributed by atoms with Crippen LogP contribution >= 0.6 is 0 Å². The Balaban J connectivity index is 1.17. The van der Waals surface area contributed by atoms with E-state index < -0.39 is 0 Å². The lowest BCUT2D eigenvalue weighted by Crippen LogP contribution is -2.39. The Labute approximate surface area is 246 Å². The maximum absolute atomic E-state index is 13.0. The van der Waals surface area contributed by atoms with Crippen molar-refractivity contribution >= 4 is 29.3 Å². The van der Waals surface area contributed by atoms with Crippen LogP contribution in [0.5, 0.6) is 0 Å². The van der Waals surface area contributed by atoms with Gasteiger partial charge in [0.1, 0.15) is 5.82 Å². The zero-order valence-electron chi connectivity index (χ0n) is 24.6. The number of nitrogens with zero attached hydrogens (tertiary/aromatic N) is 5. The monoisotopic (exact) mass is 566 g/mol. The summed E-state index contributed by atoms with van der Waals surface area (Å²) in [6.07, 6.45) is 5.68. The third-order valence-corrected chi connectivity index (χ3v) is 7.56. The van der Waals surface area contributed by atoms with Gasteiger partial charge in [0.05, 0.1) is 11.4 Å². The van der Waals surface area contributed by atoms with Crippen LogP contribution in [0.25, 0.3) is 5.69 Å². The van der Waals surface area contributed by atoms with Crippen LogP contribution in [-0.2, 0) is 11.8 Å². The lowest BCUT2D eigenvalue weighted by atomic mass is 9.90. The summed E-state index contributed by atoms with van der Waals surface area (Å²) in [5.74, 6) is 1.07. The van der Waals surface area contributed by atoms with E-state index in [9.17, 15) is 9.59 Å². The van der Waals surface area contributed by atoms with E-state index in [0.29, 0.717) is 30.5 Å². The number of benzene rings is 2. The fourth-order valence-electron chi connectivity index (χ4n) is 5.06. The summed E-state index contributed by atoms with van der Waals surface area (Å²) in [6, 6.07) is 17.5. The molecule has 2 aromatic carbocycles. The average Bonchev–Trinajstić information content (AvgIpc) is 3.39. The van der Waals surface area contributed by atoms with E-state index in [4.69, 9.17) is 10.8 Å². The molecule has 3 amide bonds. The van der Waals surface area contributed by atoms with Gasteiger partial charge in [0.25, 0.3) is 5.91 Å². The maximum atomic E-state index is 13.0. The number of anilines is 3. The number of aromatic nitrogens is 4. The van der Waals surface area contributed by atoms with Gasteiger partial charge in [-0.1, -0.05) is 50.6 Å². The minimum atomic E-state index is -0.336. The van der Waals surface area contributed by atoms with Crippen molar-refractivity contribution in [1.29, 1.82) is 0 Å². The first-order valence-corrected chi connectivity index (χ1v) is 14.3. The molecule has 0 saturated carbocycles. The number of rotatable bonds is 6. The smallest absolute Gasteiger partial charge is 0.324 e. The highest BCUT2D eigenvalue weighted by molar-refractivity contribution is 5.99. The van der Waals surface area contributed by atoms with Crippen molar-refractivity contribution in [3.8, 4) is 5.69 Å². The van der Waals surface area contributed by atoms with Gasteiger partial charge in [-0.3, -0.25) is 10.1 Å². The third kappa shape index (κ3) is 6.76. The quantitative estimate of drug-likeness (QED) is 0.279. The number of nitrogen functional groups attached to an aromatic ring is 1. The molecule has 2 aromatic heterocycles. The Bertz CT molecular complexity index is 1550. The molecule has 1 aliphatic rings. The summed E-state index contributed by atoms with van der Waals surface area (Å²) in [4.78, 5) is 35.6. The van der Waals surface area contributed by atoms with Gasteiger partial charge in [-0.05, 0) is 61.9 Å². The first-order valence-electron chi connectivity index (χ1n) is 14.3. The van der Waals surface area contributed by atoms with Crippen LogP contribution in [0.2, 0.25) is 0 Å². The molecule has 0 radical (unpaired) electrons. The molecule has 4 aromatic rings. The number of hydrogen-bond donors (Lipinski definition) is 3. The van der Waals surface area contributed by atoms with Gasteiger partial charge in [0.15, 0.2) is 11.5 Å². The van der Waals surface area contributed by atoms with Crippen LogP contribution in [-0.4, -0.2) is 49.7 Å². The van der Waals surface area contributed by atoms with Gasteiger partial charge in [-0.2, -0.15) is 5.10 Å². The van der Waals surface area contributed by atoms with Crippen molar-refractivity contribution in [2.45, 2.75) is 52.4 Å². The molecule has 218 valence electrons. The van der Waals surface area contributed by atoms with Crippen molar-refractivity contribution in [2.24, 2.45) is 5.92 Å². The van der Waals surface area contributed by atoms with Crippen LogP contribution in [0.3, 0.4) is 0 Å². The van der Waals surface area contributed by atoms with E-state index in [0.717, 1.165) is 36.2 Å². The number of piperidine rings is 1. The summed E-state index contributed by atoms with van der Waals surface area (Å²) in [7, 11) is 0. The van der Waals surface area contributed by atoms with Crippen molar-refractivity contribution < 1.29 is 9.59 Å². The molecule has 0 aliphatic carbocycles. The zero-order valence-corrected chi connectivity index (χ0v) is 24.6. The SMILES string of the molecule is Cc1ccc(-n2nc(C(C)(C)C)cc2NC(=O)Nc2ccc(CC3CCN(C(=O)c4nccnc4N)CC3)cc2)cc1. The number of aryl methyl sites for hydroxylation is 1. The number of nitrogens with two attached hydrogens (primary N) is 1. The Morgan fingerprint density at radius 3 is 2.26 bits per heavy atom. The number of urea groups is 1. The fraction of sp³-hybridized carbons (Fsp3) is 0.344. The van der Waals surface area contributed by atoms with E-state index in [2.05, 4.69) is 41.4 Å². The van der Waals surface area contributed by atoms with E-state index in [1.165, 1.54) is 18.0 Å². The molecule has 4 N–H and O–H groups in total. The van der Waals surface area contributed by atoms with E-state index in [-0.39, 0.29) is 28.9 Å². The van der Waals surface area contributed by atoms with Gasteiger partial charge in [0, 0.05) is 42.7 Å². The largest absolute Gasteiger partial charge is 0.382 e. The summed E-state index contributed by atoms with van der Waals surface area (Å²) in [5, 5.41) is 10.7. The topological polar surface area (TPSA) is 131 Å². The van der Waals surface area contributed by atoms with E-state index >= 15 is 0 Å². The molecular formula is C32H38N8O2. The second-order valence-electron chi connectivity index (χ2n) is 11.9. The molecule has 10 heteroatoms. The molecule has 0 atom stereocenters. The van der Waals surface area contributed by atoms with Crippen LogP contribution < -0.4 is 16.4 Å². The number of carbonyl (C=O) groups excluding carboxylic acids is 2. The van der Waals surface area contributed by atoms with Crippen molar-refractivity contribution in [3.05, 3.63) is 89.5 Å². The second-order valence-corrected chi connectivity index (χ2v) is 11.9. The first kappa shape index (κ1) is 28.8. The lowest BCUT2D eigenvalue weighted by Gasteiger charge is -2.32. The number of hydrogen-bond acceptors (Lipinski definition) is 6. The Kier molecular flexibility index (Phi) is 8.24. The Morgan fingerprint density at radius 2 is 1.62 bits per heavy atom. The average molecular weight is 567 g/mol. The summed E-state index contributed by atoms with van der Waals surface area (Å²) in [5.41, 5.74) is 10.7. The predicted octanol–water partition coefficient (Wildman–Crippen LogP) is 5.59. The Hall–Kier alpha value is -4.73. The number of amides is 3. The van der Waals surface area contributed by atoms with E-state index in [1.54, 1.807) is 9.58 Å². The fourth-order valence-corrected chi connectivity index (χ4v) is 5.06. The predicted molar refractivity (Wildman–Crippen MR) is 165 cm³/mol. The van der Waals surface area contributed by atoms with E-state index in [1.807, 2.05) is 61.5 Å². The standard InChI is InChI=1S/C32H38N8O2/c1-21-5-11-25(12-6-21)40-27(20-26(38-40)32(2,3)4)37-31(42)36-24-9-7-22(8-10-24)19-23-13-17-39(18-14-23)30(41)28-29(33)35-16-15-34-28/h5-12,15-16,20,23H,13-14,17-19H2,1-4H3,(H2,33,35)(H2,36,37,42). The van der Waals surface area contributed by atoms with Crippen LogP contribution in [0, 0.1) is 12.8 Å². The van der Waals surface area contributed by atoms with Crippen molar-refractivity contribution in [1.82, 2.24) is 24.6 Å². The molecule has 5 rings (SSSR count). The molecule has 42 heavy (non-hydrogen) atoms. The molecule has 1 aliphatic heterocycles. The van der Waals surface area contributed by atoms with Gasteiger partial charge in [0.2, 0.25) is 0 Å². The van der Waals surface area contributed by atoms with Crippen LogP contribution in [0.4, 0.5) is 22.1 Å². The highest BCUT2D eigenvalue weighted by Gasteiger charge is 2.26. The number of carbonyl (C=O) groups is 2. The minimum Gasteiger partial charge on any atom is -0.382 e. The second kappa shape index (κ2) is 12.0. The van der Waals surface area contributed by atoms with Gasteiger partial charge >= 0.3 is 6.03 Å².